The van der Waals surface area contributed by atoms with E-state index in [-0.39, 0.29) is 36.6 Å². The summed E-state index contributed by atoms with van der Waals surface area (Å²) in [4.78, 5) is 54.4. The average molecular weight is 479 g/mol. The molecule has 0 spiro atoms. The first-order valence-corrected chi connectivity index (χ1v) is 11.5. The van der Waals surface area contributed by atoms with Gasteiger partial charge in [0.1, 0.15) is 17.5 Å². The molecule has 35 heavy (non-hydrogen) atoms. The third-order valence-corrected chi connectivity index (χ3v) is 6.77. The molecular weight excluding hydrogens is 452 g/mol. The van der Waals surface area contributed by atoms with E-state index in [4.69, 9.17) is 9.47 Å². The number of fused-ring (bicyclic) bond motifs is 2. The van der Waals surface area contributed by atoms with E-state index in [2.05, 4.69) is 10.6 Å². The first kappa shape index (κ1) is 22.7. The largest absolute Gasteiger partial charge is 0.497 e. The molecule has 0 aromatic heterocycles. The maximum Gasteiger partial charge on any atom is 0.256 e. The van der Waals surface area contributed by atoms with Crippen LogP contribution in [-0.4, -0.2) is 61.9 Å². The third-order valence-electron chi connectivity index (χ3n) is 6.77. The number of hydrogen-bond acceptors (Lipinski definition) is 6. The SMILES string of the molecule is COc1ccc(N2C[C@@H](C(=O)Nc3ccc4c(c3)C(=O)N3CCC[C@H]3C(=O)N4)CC2=O)c(OC)c1. The molecule has 2 aromatic carbocycles. The molecule has 0 aliphatic carbocycles. The molecule has 2 atom stereocenters. The van der Waals surface area contributed by atoms with E-state index in [0.29, 0.717) is 47.1 Å². The molecule has 2 aromatic rings. The molecule has 10 nitrogen and oxygen atoms in total. The maximum absolute atomic E-state index is 13.1. The fourth-order valence-corrected chi connectivity index (χ4v) is 4.93. The monoisotopic (exact) mass is 478 g/mol. The number of methoxy groups -OCH3 is 2. The van der Waals surface area contributed by atoms with Crippen LogP contribution < -0.4 is 25.0 Å². The summed E-state index contributed by atoms with van der Waals surface area (Å²) < 4.78 is 10.6. The molecule has 2 N–H and O–H groups in total. The van der Waals surface area contributed by atoms with Crippen molar-refractivity contribution in [2.24, 2.45) is 5.92 Å². The van der Waals surface area contributed by atoms with Crippen LogP contribution in [0.3, 0.4) is 0 Å². The Balaban J connectivity index is 1.32. The minimum atomic E-state index is -0.577. The molecular formula is C25H26N4O6. The van der Waals surface area contributed by atoms with Gasteiger partial charge in [-0.3, -0.25) is 19.2 Å². The molecule has 182 valence electrons. The summed E-state index contributed by atoms with van der Waals surface area (Å²) in [5.41, 5.74) is 1.77. The van der Waals surface area contributed by atoms with Gasteiger partial charge in [-0.25, -0.2) is 0 Å². The van der Waals surface area contributed by atoms with Crippen LogP contribution in [0.25, 0.3) is 0 Å². The number of nitrogens with zero attached hydrogens (tertiary/aromatic N) is 2. The Bertz CT molecular complexity index is 1230. The molecule has 3 heterocycles. The summed E-state index contributed by atoms with van der Waals surface area (Å²) in [7, 11) is 3.05. The summed E-state index contributed by atoms with van der Waals surface area (Å²) in [6.07, 6.45) is 1.47. The number of hydrogen-bond donors (Lipinski definition) is 2. The van der Waals surface area contributed by atoms with Crippen molar-refractivity contribution in [3.8, 4) is 11.5 Å². The van der Waals surface area contributed by atoms with Crippen molar-refractivity contribution in [2.75, 3.05) is 42.8 Å². The second kappa shape index (κ2) is 8.94. The zero-order chi connectivity index (χ0) is 24.7. The van der Waals surface area contributed by atoms with Crippen molar-refractivity contribution in [2.45, 2.75) is 25.3 Å². The summed E-state index contributed by atoms with van der Waals surface area (Å²) >= 11 is 0. The van der Waals surface area contributed by atoms with E-state index in [9.17, 15) is 19.2 Å². The summed E-state index contributed by atoms with van der Waals surface area (Å²) in [6, 6.07) is 9.53. The van der Waals surface area contributed by atoms with Crippen LogP contribution in [0, 0.1) is 5.92 Å². The van der Waals surface area contributed by atoms with E-state index in [1.807, 2.05) is 0 Å². The second-order valence-electron chi connectivity index (χ2n) is 8.84. The van der Waals surface area contributed by atoms with Crippen molar-refractivity contribution in [1.29, 1.82) is 0 Å². The lowest BCUT2D eigenvalue weighted by molar-refractivity contribution is -0.122. The third kappa shape index (κ3) is 4.05. The second-order valence-corrected chi connectivity index (χ2v) is 8.84. The smallest absolute Gasteiger partial charge is 0.256 e. The fourth-order valence-electron chi connectivity index (χ4n) is 4.93. The first-order chi connectivity index (χ1) is 16.9. The molecule has 2 saturated heterocycles. The van der Waals surface area contributed by atoms with Gasteiger partial charge in [0.2, 0.25) is 17.7 Å². The van der Waals surface area contributed by atoms with E-state index in [0.717, 1.165) is 6.42 Å². The van der Waals surface area contributed by atoms with Gasteiger partial charge in [0.15, 0.2) is 0 Å². The predicted molar refractivity (Wildman–Crippen MR) is 128 cm³/mol. The average Bonchev–Trinajstić information content (AvgIpc) is 3.49. The van der Waals surface area contributed by atoms with E-state index < -0.39 is 12.0 Å². The molecule has 0 unspecified atom stereocenters. The van der Waals surface area contributed by atoms with Crippen LogP contribution in [0.1, 0.15) is 29.6 Å². The Kier molecular flexibility index (Phi) is 5.80. The maximum atomic E-state index is 13.1. The molecule has 3 aliphatic heterocycles. The highest BCUT2D eigenvalue weighted by Gasteiger charge is 2.39. The molecule has 0 bridgehead atoms. The lowest BCUT2D eigenvalue weighted by Crippen LogP contribution is -2.40. The zero-order valence-electron chi connectivity index (χ0n) is 19.5. The van der Waals surface area contributed by atoms with E-state index in [1.165, 1.54) is 12.0 Å². The van der Waals surface area contributed by atoms with Crippen molar-refractivity contribution >= 4 is 40.7 Å². The summed E-state index contributed by atoms with van der Waals surface area (Å²) in [5, 5.41) is 5.66. The van der Waals surface area contributed by atoms with Gasteiger partial charge in [-0.1, -0.05) is 0 Å². The van der Waals surface area contributed by atoms with Gasteiger partial charge in [-0.2, -0.15) is 0 Å². The lowest BCUT2D eigenvalue weighted by atomic mass is 10.1. The topological polar surface area (TPSA) is 117 Å². The Morgan fingerprint density at radius 3 is 2.69 bits per heavy atom. The number of ether oxygens (including phenoxy) is 2. The quantitative estimate of drug-likeness (QED) is 0.681. The summed E-state index contributed by atoms with van der Waals surface area (Å²) in [6.45, 7) is 0.727. The first-order valence-electron chi connectivity index (χ1n) is 11.5. The van der Waals surface area contributed by atoms with Crippen LogP contribution in [0.2, 0.25) is 0 Å². The van der Waals surface area contributed by atoms with E-state index >= 15 is 0 Å². The highest BCUT2D eigenvalue weighted by Crippen LogP contribution is 2.36. The molecule has 2 fully saturated rings. The molecule has 10 heteroatoms. The summed E-state index contributed by atoms with van der Waals surface area (Å²) in [5.74, 6) is -0.431. The van der Waals surface area contributed by atoms with Gasteiger partial charge >= 0.3 is 0 Å². The van der Waals surface area contributed by atoms with Gasteiger partial charge in [-0.05, 0) is 43.2 Å². The minimum absolute atomic E-state index is 0.0520. The predicted octanol–water partition coefficient (Wildman–Crippen LogP) is 2.25. The van der Waals surface area contributed by atoms with Crippen molar-refractivity contribution in [1.82, 2.24) is 4.90 Å². The van der Waals surface area contributed by atoms with Crippen LogP contribution in [0.5, 0.6) is 11.5 Å². The fraction of sp³-hybridized carbons (Fsp3) is 0.360. The van der Waals surface area contributed by atoms with E-state index in [1.54, 1.807) is 48.4 Å². The number of amides is 4. The van der Waals surface area contributed by atoms with Gasteiger partial charge in [0.05, 0.1) is 37.1 Å². The Labute approximate surface area is 202 Å². The number of anilines is 3. The zero-order valence-corrected chi connectivity index (χ0v) is 19.5. The number of carbonyl (C=O) groups excluding carboxylic acids is 4. The highest BCUT2D eigenvalue weighted by molar-refractivity contribution is 6.11. The van der Waals surface area contributed by atoms with Crippen molar-refractivity contribution in [3.05, 3.63) is 42.0 Å². The molecule has 5 rings (SSSR count). The van der Waals surface area contributed by atoms with Gasteiger partial charge < -0.3 is 29.9 Å². The number of rotatable bonds is 5. The Morgan fingerprint density at radius 2 is 1.91 bits per heavy atom. The van der Waals surface area contributed by atoms with Crippen LogP contribution in [-0.2, 0) is 14.4 Å². The van der Waals surface area contributed by atoms with Crippen LogP contribution in [0.15, 0.2) is 36.4 Å². The molecule has 3 aliphatic rings. The van der Waals surface area contributed by atoms with Crippen molar-refractivity contribution < 1.29 is 28.7 Å². The van der Waals surface area contributed by atoms with Crippen LogP contribution in [0.4, 0.5) is 17.1 Å². The van der Waals surface area contributed by atoms with Crippen LogP contribution >= 0.6 is 0 Å². The number of nitrogens with one attached hydrogen (secondary N) is 2. The highest BCUT2D eigenvalue weighted by atomic mass is 16.5. The van der Waals surface area contributed by atoms with Crippen molar-refractivity contribution in [3.63, 3.8) is 0 Å². The number of benzene rings is 2. The molecule has 4 amide bonds. The number of carbonyl (C=O) groups is 4. The molecule has 0 radical (unpaired) electrons. The van der Waals surface area contributed by atoms with Gasteiger partial charge in [0.25, 0.3) is 5.91 Å². The normalized spacial score (nSPS) is 21.3. The molecule has 0 saturated carbocycles. The Morgan fingerprint density at radius 1 is 1.09 bits per heavy atom. The lowest BCUT2D eigenvalue weighted by Gasteiger charge is -2.20. The minimum Gasteiger partial charge on any atom is -0.497 e. The van der Waals surface area contributed by atoms with Gasteiger partial charge in [-0.15, -0.1) is 0 Å². The standard InChI is InChI=1S/C25H26N4O6/c1-34-16-6-8-19(21(12-16)35-2)29-13-14(10-22(29)30)23(31)26-15-5-7-18-17(11-15)25(33)28-9-3-4-20(28)24(32)27-18/h5-8,11-12,14,20H,3-4,9-10,13H2,1-2H3,(H,26,31)(H,27,32)/t14-,20-/m0/s1. The Hall–Kier alpha value is -4.08. The van der Waals surface area contributed by atoms with Gasteiger partial charge in [0, 0.05) is 31.3 Å².